The van der Waals surface area contributed by atoms with Crippen LogP contribution in [-0.2, 0) is 7.05 Å². The zero-order valence-corrected chi connectivity index (χ0v) is 6.17. The Morgan fingerprint density at radius 3 is 3.00 bits per heavy atom. The highest BCUT2D eigenvalue weighted by Crippen LogP contribution is 2.10. The van der Waals surface area contributed by atoms with Gasteiger partial charge in [0.15, 0.2) is 5.95 Å². The number of hydrogen-bond donors (Lipinski definition) is 1. The highest BCUT2D eigenvalue weighted by Gasteiger charge is 2.10. The second-order valence-corrected chi connectivity index (χ2v) is 2.00. The SMILES string of the molecule is Cn1c(C(=O)O)cnc1N=[N+]=[N-]. The standard InChI is InChI=1S/C5H5N5O2/c1-10-3(4(11)12)2-7-5(10)8-9-6/h2H,1H3,(H,11,12). The van der Waals surface area contributed by atoms with Gasteiger partial charge in [-0.25, -0.2) is 9.78 Å². The van der Waals surface area contributed by atoms with Crippen molar-refractivity contribution in [2.24, 2.45) is 12.2 Å². The molecule has 12 heavy (non-hydrogen) atoms. The summed E-state index contributed by atoms with van der Waals surface area (Å²) in [7, 11) is 1.46. The largest absolute Gasteiger partial charge is 0.477 e. The Morgan fingerprint density at radius 1 is 1.92 bits per heavy atom. The Morgan fingerprint density at radius 2 is 2.58 bits per heavy atom. The summed E-state index contributed by atoms with van der Waals surface area (Å²) < 4.78 is 1.20. The van der Waals surface area contributed by atoms with Crippen LogP contribution in [0.1, 0.15) is 10.5 Å². The first-order valence-corrected chi connectivity index (χ1v) is 2.97. The number of carboxylic acid groups (broad SMARTS) is 1. The Balaban J connectivity index is 3.21. The number of aromatic nitrogens is 2. The third-order valence-corrected chi connectivity index (χ3v) is 1.32. The number of aromatic carboxylic acids is 1. The number of imidazole rings is 1. The van der Waals surface area contributed by atoms with Crippen LogP contribution in [0.5, 0.6) is 0 Å². The monoisotopic (exact) mass is 167 g/mol. The lowest BCUT2D eigenvalue weighted by Crippen LogP contribution is -2.03. The van der Waals surface area contributed by atoms with Crippen molar-refractivity contribution >= 4 is 11.9 Å². The van der Waals surface area contributed by atoms with E-state index in [1.165, 1.54) is 11.6 Å². The van der Waals surface area contributed by atoms with E-state index in [2.05, 4.69) is 15.0 Å². The fraction of sp³-hybridized carbons (Fsp3) is 0.200. The van der Waals surface area contributed by atoms with Gasteiger partial charge in [0.05, 0.1) is 6.20 Å². The maximum Gasteiger partial charge on any atom is 0.354 e. The van der Waals surface area contributed by atoms with Crippen molar-refractivity contribution in [1.82, 2.24) is 9.55 Å². The van der Waals surface area contributed by atoms with Gasteiger partial charge in [0, 0.05) is 12.0 Å². The Kier molecular flexibility index (Phi) is 1.98. The number of hydrogen-bond acceptors (Lipinski definition) is 3. The van der Waals surface area contributed by atoms with E-state index in [1.54, 1.807) is 0 Å². The van der Waals surface area contributed by atoms with Gasteiger partial charge in [-0.3, -0.25) is 0 Å². The van der Waals surface area contributed by atoms with Gasteiger partial charge in [-0.2, -0.15) is 0 Å². The topological polar surface area (TPSA) is 104 Å². The lowest BCUT2D eigenvalue weighted by atomic mass is 10.5. The molecule has 1 N–H and O–H groups in total. The minimum atomic E-state index is -1.11. The van der Waals surface area contributed by atoms with Crippen molar-refractivity contribution < 1.29 is 9.90 Å². The predicted octanol–water partition coefficient (Wildman–Crippen LogP) is 1.06. The van der Waals surface area contributed by atoms with E-state index < -0.39 is 5.97 Å². The molecule has 0 bridgehead atoms. The molecule has 7 heteroatoms. The summed E-state index contributed by atoms with van der Waals surface area (Å²) in [5.74, 6) is -1.07. The van der Waals surface area contributed by atoms with Crippen LogP contribution in [0.4, 0.5) is 5.95 Å². The molecule has 0 aromatic carbocycles. The number of nitrogens with zero attached hydrogens (tertiary/aromatic N) is 5. The Labute approximate surface area is 66.9 Å². The number of carboxylic acids is 1. The molecule has 0 amide bonds. The molecule has 1 aromatic rings. The van der Waals surface area contributed by atoms with Gasteiger partial charge in [-0.1, -0.05) is 0 Å². The average Bonchev–Trinajstić information content (AvgIpc) is 2.34. The summed E-state index contributed by atoms with van der Waals surface area (Å²) in [6.07, 6.45) is 1.13. The minimum Gasteiger partial charge on any atom is -0.477 e. The quantitative estimate of drug-likeness (QED) is 0.404. The third-order valence-electron chi connectivity index (χ3n) is 1.32. The van der Waals surface area contributed by atoms with E-state index in [0.717, 1.165) is 6.20 Å². The minimum absolute atomic E-state index is 0.0163. The first-order chi connectivity index (χ1) is 5.66. The summed E-state index contributed by atoms with van der Waals surface area (Å²) in [4.78, 5) is 16.5. The van der Waals surface area contributed by atoms with Crippen LogP contribution in [0.15, 0.2) is 11.3 Å². The van der Waals surface area contributed by atoms with Gasteiger partial charge in [0.2, 0.25) is 0 Å². The number of rotatable bonds is 2. The van der Waals surface area contributed by atoms with Crippen LogP contribution >= 0.6 is 0 Å². The summed E-state index contributed by atoms with van der Waals surface area (Å²) in [6.45, 7) is 0. The molecule has 1 heterocycles. The van der Waals surface area contributed by atoms with Crippen LogP contribution in [0.3, 0.4) is 0 Å². The van der Waals surface area contributed by atoms with Crippen LogP contribution in [0.2, 0.25) is 0 Å². The molecule has 0 aliphatic heterocycles. The van der Waals surface area contributed by atoms with Crippen molar-refractivity contribution in [1.29, 1.82) is 0 Å². The van der Waals surface area contributed by atoms with Crippen LogP contribution in [0, 0.1) is 0 Å². The summed E-state index contributed by atoms with van der Waals surface area (Å²) in [5.41, 5.74) is 8.03. The molecule has 0 fully saturated rings. The smallest absolute Gasteiger partial charge is 0.354 e. The predicted molar refractivity (Wildman–Crippen MR) is 39.0 cm³/mol. The van der Waals surface area contributed by atoms with Crippen molar-refractivity contribution in [2.75, 3.05) is 0 Å². The molecule has 1 rings (SSSR count). The van der Waals surface area contributed by atoms with E-state index in [-0.39, 0.29) is 11.6 Å². The van der Waals surface area contributed by atoms with E-state index in [9.17, 15) is 4.79 Å². The maximum atomic E-state index is 10.4. The highest BCUT2D eigenvalue weighted by molar-refractivity contribution is 5.85. The van der Waals surface area contributed by atoms with Gasteiger partial charge in [-0.15, -0.1) is 0 Å². The van der Waals surface area contributed by atoms with E-state index in [1.807, 2.05) is 0 Å². The normalized spacial score (nSPS) is 9.08. The molecule has 0 spiro atoms. The van der Waals surface area contributed by atoms with E-state index in [4.69, 9.17) is 10.6 Å². The zero-order valence-electron chi connectivity index (χ0n) is 6.17. The van der Waals surface area contributed by atoms with Gasteiger partial charge < -0.3 is 9.67 Å². The van der Waals surface area contributed by atoms with Crippen molar-refractivity contribution in [3.63, 3.8) is 0 Å². The van der Waals surface area contributed by atoms with Gasteiger partial charge in [0.25, 0.3) is 0 Å². The number of azide groups is 1. The highest BCUT2D eigenvalue weighted by atomic mass is 16.4. The lowest BCUT2D eigenvalue weighted by molar-refractivity contribution is 0.0686. The fourth-order valence-corrected chi connectivity index (χ4v) is 0.731. The Bertz CT molecular complexity index is 342. The first kappa shape index (κ1) is 8.09. The fourth-order valence-electron chi connectivity index (χ4n) is 0.731. The van der Waals surface area contributed by atoms with Gasteiger partial charge >= 0.3 is 5.97 Å². The van der Waals surface area contributed by atoms with E-state index >= 15 is 0 Å². The lowest BCUT2D eigenvalue weighted by Gasteiger charge is -1.95. The molecule has 0 radical (unpaired) electrons. The molecule has 0 unspecified atom stereocenters. The molecule has 62 valence electrons. The Hall–Kier alpha value is -2.01. The van der Waals surface area contributed by atoms with E-state index in [0.29, 0.717) is 0 Å². The molecule has 1 aromatic heterocycles. The summed E-state index contributed by atoms with van der Waals surface area (Å²) in [6, 6.07) is 0. The maximum absolute atomic E-state index is 10.4. The zero-order chi connectivity index (χ0) is 9.14. The summed E-state index contributed by atoms with van der Waals surface area (Å²) in [5, 5.41) is 11.7. The average molecular weight is 167 g/mol. The van der Waals surface area contributed by atoms with Gasteiger partial charge in [-0.05, 0) is 10.6 Å². The first-order valence-electron chi connectivity index (χ1n) is 2.97. The molecule has 0 aliphatic carbocycles. The van der Waals surface area contributed by atoms with Crippen LogP contribution in [0.25, 0.3) is 10.4 Å². The van der Waals surface area contributed by atoms with Crippen LogP contribution in [-0.4, -0.2) is 20.6 Å². The molecular weight excluding hydrogens is 162 g/mol. The van der Waals surface area contributed by atoms with Crippen LogP contribution < -0.4 is 0 Å². The van der Waals surface area contributed by atoms with Crippen molar-refractivity contribution in [2.45, 2.75) is 0 Å². The van der Waals surface area contributed by atoms with Crippen molar-refractivity contribution in [3.05, 3.63) is 22.3 Å². The second-order valence-electron chi connectivity index (χ2n) is 2.00. The molecule has 0 atom stereocenters. The molecule has 0 saturated heterocycles. The molecular formula is C5H5N5O2. The second kappa shape index (κ2) is 2.93. The van der Waals surface area contributed by atoms with Crippen molar-refractivity contribution in [3.8, 4) is 0 Å². The summed E-state index contributed by atoms with van der Waals surface area (Å²) >= 11 is 0. The molecule has 7 nitrogen and oxygen atoms in total. The molecule has 0 aliphatic rings. The number of carbonyl (C=O) groups is 1. The third kappa shape index (κ3) is 1.21. The molecule has 0 saturated carbocycles. The van der Waals surface area contributed by atoms with Gasteiger partial charge in [0.1, 0.15) is 5.69 Å².